The molecule has 0 aliphatic rings. The highest BCUT2D eigenvalue weighted by atomic mass is 16.6. The van der Waals surface area contributed by atoms with Crippen molar-refractivity contribution in [2.45, 2.75) is 72.6 Å². The average Bonchev–Trinajstić information content (AvgIpc) is 2.90. The van der Waals surface area contributed by atoms with Crippen LogP contribution in [0.1, 0.15) is 63.8 Å². The van der Waals surface area contributed by atoms with E-state index in [1.807, 2.05) is 88.4 Å². The van der Waals surface area contributed by atoms with Crippen molar-refractivity contribution in [3.8, 4) is 0 Å². The zero-order valence-corrected chi connectivity index (χ0v) is 25.2. The number of benzene rings is 3. The van der Waals surface area contributed by atoms with Crippen molar-refractivity contribution in [1.82, 2.24) is 10.2 Å². The summed E-state index contributed by atoms with van der Waals surface area (Å²) in [4.78, 5) is 42.4. The van der Waals surface area contributed by atoms with Crippen LogP contribution in [0, 0.1) is 19.8 Å². The van der Waals surface area contributed by atoms with Crippen LogP contribution in [0.3, 0.4) is 0 Å². The Morgan fingerprint density at radius 3 is 2.27 bits per heavy atom. The number of hydrogen-bond acceptors (Lipinski definition) is 5. The zero-order valence-electron chi connectivity index (χ0n) is 25.2. The van der Waals surface area contributed by atoms with Crippen molar-refractivity contribution in [1.29, 1.82) is 0 Å². The minimum Gasteiger partial charge on any atom is -0.444 e. The Morgan fingerprint density at radius 2 is 1.66 bits per heavy atom. The maximum Gasteiger partial charge on any atom is 0.408 e. The first-order chi connectivity index (χ1) is 19.3. The first kappa shape index (κ1) is 31.6. The first-order valence-corrected chi connectivity index (χ1v) is 14.1. The number of fused-ring (bicyclic) bond motifs is 1. The molecule has 8 nitrogen and oxygen atoms in total. The number of ether oxygens (including phenoxy) is 1. The molecule has 3 atom stereocenters. The van der Waals surface area contributed by atoms with E-state index in [0.717, 1.165) is 21.9 Å². The van der Waals surface area contributed by atoms with E-state index in [1.54, 1.807) is 20.8 Å². The molecule has 0 spiro atoms. The smallest absolute Gasteiger partial charge is 0.408 e. The summed E-state index contributed by atoms with van der Waals surface area (Å²) in [6.07, 6.45) is -0.125. The Morgan fingerprint density at radius 1 is 0.976 bits per heavy atom. The summed E-state index contributed by atoms with van der Waals surface area (Å²) in [7, 11) is 0. The number of aliphatic hydroxyl groups excluding tert-OH is 1. The molecule has 0 aliphatic carbocycles. The quantitative estimate of drug-likeness (QED) is 0.286. The largest absolute Gasteiger partial charge is 0.444 e. The van der Waals surface area contributed by atoms with E-state index in [1.165, 1.54) is 4.90 Å². The van der Waals surface area contributed by atoms with E-state index < -0.39 is 35.6 Å². The average molecular weight is 562 g/mol. The van der Waals surface area contributed by atoms with Gasteiger partial charge in [0.2, 0.25) is 5.91 Å². The second-order valence-corrected chi connectivity index (χ2v) is 11.6. The minimum atomic E-state index is -1.06. The zero-order chi connectivity index (χ0) is 30.3. The molecule has 0 bridgehead atoms. The lowest BCUT2D eigenvalue weighted by molar-refractivity contribution is -0.142. The van der Waals surface area contributed by atoms with Crippen molar-refractivity contribution in [2.24, 2.45) is 5.92 Å². The van der Waals surface area contributed by atoms with Crippen LogP contribution in [0.15, 0.2) is 60.7 Å². The lowest BCUT2D eigenvalue weighted by Gasteiger charge is -2.36. The maximum absolute atomic E-state index is 14.2. The number of carbonyl (C=O) groups excluding carboxylic acids is 3. The number of nitrogens with zero attached hydrogens (tertiary/aromatic N) is 1. The summed E-state index contributed by atoms with van der Waals surface area (Å²) in [5.74, 6) is -1.16. The van der Waals surface area contributed by atoms with Crippen LogP contribution >= 0.6 is 0 Å². The van der Waals surface area contributed by atoms with Crippen molar-refractivity contribution >= 4 is 34.4 Å². The van der Waals surface area contributed by atoms with Crippen molar-refractivity contribution in [2.75, 3.05) is 18.5 Å². The number of amides is 3. The molecule has 0 saturated carbocycles. The molecule has 0 radical (unpaired) electrons. The second kappa shape index (κ2) is 13.6. The van der Waals surface area contributed by atoms with Crippen LogP contribution in [0.4, 0.5) is 10.5 Å². The third-order valence-electron chi connectivity index (χ3n) is 7.07. The lowest BCUT2D eigenvalue weighted by atomic mass is 9.93. The van der Waals surface area contributed by atoms with Gasteiger partial charge >= 0.3 is 6.09 Å². The van der Waals surface area contributed by atoms with Crippen LogP contribution in [0.2, 0.25) is 0 Å². The predicted molar refractivity (Wildman–Crippen MR) is 163 cm³/mol. The summed E-state index contributed by atoms with van der Waals surface area (Å²) in [6, 6.07) is 17.1. The van der Waals surface area contributed by atoms with E-state index in [9.17, 15) is 19.5 Å². The molecule has 0 heterocycles. The summed E-state index contributed by atoms with van der Waals surface area (Å²) in [6.45, 7) is 12.4. The van der Waals surface area contributed by atoms with Gasteiger partial charge in [-0.05, 0) is 74.6 Å². The molecule has 3 amide bonds. The summed E-state index contributed by atoms with van der Waals surface area (Å²) >= 11 is 0. The molecule has 3 rings (SSSR count). The number of alkyl carbamates (subject to hydrolysis) is 1. The fourth-order valence-electron chi connectivity index (χ4n) is 4.83. The van der Waals surface area contributed by atoms with Gasteiger partial charge in [-0.3, -0.25) is 9.59 Å². The molecular weight excluding hydrogens is 518 g/mol. The topological polar surface area (TPSA) is 108 Å². The van der Waals surface area contributed by atoms with Gasteiger partial charge in [-0.15, -0.1) is 0 Å². The Labute approximate surface area is 243 Å². The molecule has 3 N–H and O–H groups in total. The van der Waals surface area contributed by atoms with Gasteiger partial charge < -0.3 is 25.4 Å². The van der Waals surface area contributed by atoms with Gasteiger partial charge in [-0.25, -0.2) is 4.79 Å². The fourth-order valence-corrected chi connectivity index (χ4v) is 4.83. The van der Waals surface area contributed by atoms with E-state index in [0.29, 0.717) is 17.7 Å². The SMILES string of the molecule is CCC(C)C(NC(=O)OC(C)(C)C)C(=O)N(CCO)C(C(=O)Nc1ccc2ccccc2c1)c1ccc(C)cc1C. The number of aryl methyl sites for hydroxylation is 2. The van der Waals surface area contributed by atoms with Gasteiger partial charge in [0.05, 0.1) is 6.61 Å². The molecule has 0 aromatic heterocycles. The third-order valence-corrected chi connectivity index (χ3v) is 7.07. The normalized spacial score (nSPS) is 13.7. The Bertz CT molecular complexity index is 1380. The number of anilines is 1. The molecule has 41 heavy (non-hydrogen) atoms. The van der Waals surface area contributed by atoms with Gasteiger partial charge in [0.25, 0.3) is 5.91 Å². The van der Waals surface area contributed by atoms with Gasteiger partial charge in [0.15, 0.2) is 0 Å². The van der Waals surface area contributed by atoms with Gasteiger partial charge in [0, 0.05) is 12.2 Å². The Balaban J connectivity index is 2.05. The lowest BCUT2D eigenvalue weighted by Crippen LogP contribution is -2.55. The molecule has 3 unspecified atom stereocenters. The standard InChI is InChI=1S/C33H43N3O5/c1-8-22(3)28(35-32(40)41-33(5,6)7)31(39)36(17-18-37)29(27-16-13-21(2)19-23(27)4)30(38)34-26-15-14-24-11-9-10-12-25(24)20-26/h9-16,19-20,22,28-29,37H,8,17-18H2,1-7H3,(H,34,38)(H,35,40). The third kappa shape index (κ3) is 8.30. The highest BCUT2D eigenvalue weighted by Gasteiger charge is 2.38. The number of rotatable bonds is 10. The summed E-state index contributed by atoms with van der Waals surface area (Å²) in [5.41, 5.74) is 2.32. The molecule has 3 aromatic rings. The van der Waals surface area contributed by atoms with E-state index in [-0.39, 0.29) is 19.1 Å². The molecule has 0 aliphatic heterocycles. The van der Waals surface area contributed by atoms with Gasteiger partial charge in [0.1, 0.15) is 17.7 Å². The van der Waals surface area contributed by atoms with Gasteiger partial charge in [-0.1, -0.05) is 74.4 Å². The molecule has 8 heteroatoms. The molecule has 0 saturated heterocycles. The van der Waals surface area contributed by atoms with E-state index in [4.69, 9.17) is 4.74 Å². The Kier molecular flexibility index (Phi) is 10.5. The van der Waals surface area contributed by atoms with Crippen LogP contribution in [-0.2, 0) is 14.3 Å². The second-order valence-electron chi connectivity index (χ2n) is 11.6. The fraction of sp³-hybridized carbons (Fsp3) is 0.424. The molecular formula is C33H43N3O5. The van der Waals surface area contributed by atoms with Gasteiger partial charge in [-0.2, -0.15) is 0 Å². The number of aliphatic hydroxyl groups is 1. The predicted octanol–water partition coefficient (Wildman–Crippen LogP) is 5.90. The van der Waals surface area contributed by atoms with Crippen molar-refractivity contribution in [3.05, 3.63) is 77.4 Å². The van der Waals surface area contributed by atoms with Crippen LogP contribution in [-0.4, -0.2) is 52.7 Å². The van der Waals surface area contributed by atoms with Crippen LogP contribution in [0.25, 0.3) is 10.8 Å². The first-order valence-electron chi connectivity index (χ1n) is 14.1. The molecule has 220 valence electrons. The minimum absolute atomic E-state index is 0.106. The number of nitrogens with one attached hydrogen (secondary N) is 2. The van der Waals surface area contributed by atoms with E-state index >= 15 is 0 Å². The number of carbonyl (C=O) groups is 3. The monoisotopic (exact) mass is 561 g/mol. The summed E-state index contributed by atoms with van der Waals surface area (Å²) in [5, 5.41) is 17.8. The van der Waals surface area contributed by atoms with E-state index in [2.05, 4.69) is 10.6 Å². The van der Waals surface area contributed by atoms with Crippen molar-refractivity contribution in [3.63, 3.8) is 0 Å². The maximum atomic E-state index is 14.2. The molecule has 3 aromatic carbocycles. The highest BCUT2D eigenvalue weighted by molar-refractivity contribution is 6.00. The Hall–Kier alpha value is -3.91. The van der Waals surface area contributed by atoms with Crippen LogP contribution in [0.5, 0.6) is 0 Å². The van der Waals surface area contributed by atoms with Crippen molar-refractivity contribution < 1.29 is 24.2 Å². The highest BCUT2D eigenvalue weighted by Crippen LogP contribution is 2.29. The summed E-state index contributed by atoms with van der Waals surface area (Å²) < 4.78 is 5.44. The molecule has 0 fully saturated rings. The number of hydrogen-bond donors (Lipinski definition) is 3. The van der Waals surface area contributed by atoms with Crippen LogP contribution < -0.4 is 10.6 Å².